The number of hydrogen-bond acceptors (Lipinski definition) is 3. The summed E-state index contributed by atoms with van der Waals surface area (Å²) in [7, 11) is 0. The minimum atomic E-state index is -0.105. The van der Waals surface area contributed by atoms with Crippen molar-refractivity contribution in [1.82, 2.24) is 0 Å². The number of amides is 2. The summed E-state index contributed by atoms with van der Waals surface area (Å²) in [4.78, 5) is 28.5. The van der Waals surface area contributed by atoms with Gasteiger partial charge in [-0.1, -0.05) is 30.4 Å². The Hall–Kier alpha value is -2.88. The molecule has 4 fully saturated rings. The van der Waals surface area contributed by atoms with E-state index in [1.807, 2.05) is 56.3 Å². The molecule has 8 unspecified atom stereocenters. The fourth-order valence-electron chi connectivity index (χ4n) is 8.11. The van der Waals surface area contributed by atoms with Gasteiger partial charge in [0.15, 0.2) is 0 Å². The Balaban J connectivity index is 1.16. The Morgan fingerprint density at radius 2 is 1.34 bits per heavy atom. The molecule has 4 bridgehead atoms. The number of carbonyl (C=O) groups is 2. The minimum Gasteiger partial charge on any atom is -0.457 e. The fourth-order valence-corrected chi connectivity index (χ4v) is 8.11. The van der Waals surface area contributed by atoms with Crippen molar-refractivity contribution in [2.75, 3.05) is 4.90 Å². The first-order valence-corrected chi connectivity index (χ1v) is 11.9. The third-order valence-corrected chi connectivity index (χ3v) is 9.16. The number of hydrogen-bond donors (Lipinski definition) is 0. The molecule has 5 aliphatic rings. The topological polar surface area (TPSA) is 46.6 Å². The van der Waals surface area contributed by atoms with E-state index >= 15 is 0 Å². The molecule has 1 heterocycles. The summed E-state index contributed by atoms with van der Waals surface area (Å²) < 4.78 is 6.12. The SMILES string of the molecule is Cc1cccc(C)c1Oc1ccc(N2C(=O)C3C4CC(C3C2=O)C2C3C=CC(C3)C42)cc1. The molecule has 0 N–H and O–H groups in total. The quantitative estimate of drug-likeness (QED) is 0.381. The lowest BCUT2D eigenvalue weighted by Crippen LogP contribution is -2.38. The van der Waals surface area contributed by atoms with Gasteiger partial charge >= 0.3 is 0 Å². The molecular weight excluding hydrogens is 398 g/mol. The third kappa shape index (κ3) is 2.28. The van der Waals surface area contributed by atoms with Crippen LogP contribution in [-0.4, -0.2) is 11.8 Å². The van der Waals surface area contributed by atoms with Gasteiger partial charge in [-0.2, -0.15) is 0 Å². The Kier molecular flexibility index (Phi) is 3.70. The molecule has 3 saturated carbocycles. The Morgan fingerprint density at radius 3 is 1.91 bits per heavy atom. The largest absolute Gasteiger partial charge is 0.457 e. The first-order valence-electron chi connectivity index (χ1n) is 11.9. The zero-order valence-corrected chi connectivity index (χ0v) is 18.4. The molecule has 4 aliphatic carbocycles. The normalized spacial score (nSPS) is 38.0. The highest BCUT2D eigenvalue weighted by atomic mass is 16.5. The highest BCUT2D eigenvalue weighted by Crippen LogP contribution is 2.70. The van der Waals surface area contributed by atoms with E-state index < -0.39 is 0 Å². The van der Waals surface area contributed by atoms with Crippen LogP contribution >= 0.6 is 0 Å². The van der Waals surface area contributed by atoms with E-state index in [0.29, 0.717) is 46.9 Å². The molecule has 4 nitrogen and oxygen atoms in total. The second-order valence-electron chi connectivity index (χ2n) is 10.5. The number of allylic oxidation sites excluding steroid dienone is 2. The van der Waals surface area contributed by atoms with Gasteiger partial charge in [-0.25, -0.2) is 0 Å². The van der Waals surface area contributed by atoms with Gasteiger partial charge in [0.2, 0.25) is 11.8 Å². The van der Waals surface area contributed by atoms with E-state index in [2.05, 4.69) is 12.2 Å². The average molecular weight is 426 g/mol. The van der Waals surface area contributed by atoms with Crippen LogP contribution in [0.3, 0.4) is 0 Å². The summed E-state index contributed by atoms with van der Waals surface area (Å²) in [6.45, 7) is 4.06. The van der Waals surface area contributed by atoms with E-state index in [9.17, 15) is 9.59 Å². The number of ether oxygens (including phenoxy) is 1. The molecule has 2 aromatic carbocycles. The highest BCUT2D eigenvalue weighted by molar-refractivity contribution is 6.22. The van der Waals surface area contributed by atoms with Gasteiger partial charge in [0.05, 0.1) is 17.5 Å². The minimum absolute atomic E-state index is 0.0288. The Morgan fingerprint density at radius 1 is 0.781 bits per heavy atom. The molecule has 32 heavy (non-hydrogen) atoms. The molecule has 1 aliphatic heterocycles. The lowest BCUT2D eigenvalue weighted by molar-refractivity contribution is -0.123. The fraction of sp³-hybridized carbons (Fsp3) is 0.429. The van der Waals surface area contributed by atoms with Crippen LogP contribution in [0.2, 0.25) is 0 Å². The molecule has 2 aromatic rings. The maximum atomic E-state index is 13.5. The predicted octanol–water partition coefficient (Wildman–Crippen LogP) is 5.29. The van der Waals surface area contributed by atoms with Crippen LogP contribution in [0.1, 0.15) is 24.0 Å². The van der Waals surface area contributed by atoms with Gasteiger partial charge in [0, 0.05) is 0 Å². The first-order chi connectivity index (χ1) is 15.5. The number of benzene rings is 2. The van der Waals surface area contributed by atoms with Gasteiger partial charge in [-0.15, -0.1) is 0 Å². The molecule has 0 aromatic heterocycles. The number of rotatable bonds is 3. The van der Waals surface area contributed by atoms with E-state index in [-0.39, 0.29) is 23.7 Å². The van der Waals surface area contributed by atoms with Gasteiger partial charge in [-0.3, -0.25) is 14.5 Å². The highest BCUT2D eigenvalue weighted by Gasteiger charge is 2.71. The van der Waals surface area contributed by atoms with Gasteiger partial charge in [-0.05, 0) is 97.6 Å². The number of aryl methyl sites for hydroxylation is 2. The second kappa shape index (κ2) is 6.34. The molecular formula is C28H27NO3. The zero-order chi connectivity index (χ0) is 21.7. The Labute approximate surface area is 188 Å². The maximum Gasteiger partial charge on any atom is 0.237 e. The van der Waals surface area contributed by atoms with Gasteiger partial charge < -0.3 is 4.74 Å². The van der Waals surface area contributed by atoms with E-state index in [1.165, 1.54) is 11.3 Å². The van der Waals surface area contributed by atoms with Gasteiger partial charge in [0.1, 0.15) is 11.5 Å². The van der Waals surface area contributed by atoms with Crippen molar-refractivity contribution in [2.24, 2.45) is 47.3 Å². The lowest BCUT2D eigenvalue weighted by atomic mass is 9.65. The number of nitrogens with zero attached hydrogens (tertiary/aromatic N) is 1. The molecule has 1 saturated heterocycles. The summed E-state index contributed by atoms with van der Waals surface area (Å²) in [6, 6.07) is 13.5. The van der Waals surface area contributed by atoms with E-state index in [1.54, 1.807) is 0 Å². The van der Waals surface area contributed by atoms with Crippen LogP contribution in [0.4, 0.5) is 5.69 Å². The van der Waals surface area contributed by atoms with Crippen molar-refractivity contribution < 1.29 is 14.3 Å². The summed E-state index contributed by atoms with van der Waals surface area (Å²) >= 11 is 0. The smallest absolute Gasteiger partial charge is 0.237 e. The van der Waals surface area contributed by atoms with Crippen LogP contribution in [-0.2, 0) is 9.59 Å². The summed E-state index contributed by atoms with van der Waals surface area (Å²) in [6.07, 6.45) is 7.09. The Bertz CT molecular complexity index is 1120. The second-order valence-corrected chi connectivity index (χ2v) is 10.5. The third-order valence-electron chi connectivity index (χ3n) is 9.16. The molecule has 0 radical (unpaired) electrons. The van der Waals surface area contributed by atoms with Gasteiger partial charge in [0.25, 0.3) is 0 Å². The van der Waals surface area contributed by atoms with Crippen molar-refractivity contribution in [3.05, 3.63) is 65.7 Å². The summed E-state index contributed by atoms with van der Waals surface area (Å²) in [5, 5.41) is 0. The van der Waals surface area contributed by atoms with Crippen molar-refractivity contribution in [3.8, 4) is 11.5 Å². The molecule has 0 spiro atoms. The number of para-hydroxylation sites is 1. The molecule has 4 heteroatoms. The summed E-state index contributed by atoms with van der Waals surface area (Å²) in [5.74, 6) is 4.73. The lowest BCUT2D eigenvalue weighted by Gasteiger charge is -2.36. The van der Waals surface area contributed by atoms with Crippen LogP contribution in [0.25, 0.3) is 0 Å². The first kappa shape index (κ1) is 18.7. The number of carbonyl (C=O) groups excluding carboxylic acids is 2. The molecule has 162 valence electrons. The van der Waals surface area contributed by atoms with Crippen LogP contribution in [0, 0.1) is 61.2 Å². The summed E-state index contributed by atoms with van der Waals surface area (Å²) in [5.41, 5.74) is 2.83. The number of imide groups is 1. The number of fused-ring (bicyclic) bond motifs is 12. The number of anilines is 1. The van der Waals surface area contributed by atoms with Crippen molar-refractivity contribution in [3.63, 3.8) is 0 Å². The van der Waals surface area contributed by atoms with Crippen molar-refractivity contribution in [1.29, 1.82) is 0 Å². The monoisotopic (exact) mass is 425 g/mol. The standard InChI is InChI=1S/C28H27NO3/c1-14-4-3-5-15(2)26(14)32-19-10-8-18(9-11-19)29-27(30)24-20-13-21(25(24)28(29)31)23-17-7-6-16(12-17)22(20)23/h3-11,16-17,20-25H,12-13H2,1-2H3. The van der Waals surface area contributed by atoms with Crippen LogP contribution < -0.4 is 9.64 Å². The molecule has 2 amide bonds. The van der Waals surface area contributed by atoms with Crippen LogP contribution in [0.5, 0.6) is 11.5 Å². The van der Waals surface area contributed by atoms with Crippen LogP contribution in [0.15, 0.2) is 54.6 Å². The zero-order valence-electron chi connectivity index (χ0n) is 18.4. The predicted molar refractivity (Wildman–Crippen MR) is 121 cm³/mol. The van der Waals surface area contributed by atoms with E-state index in [4.69, 9.17) is 4.74 Å². The molecule has 8 atom stereocenters. The van der Waals surface area contributed by atoms with Crippen molar-refractivity contribution >= 4 is 17.5 Å². The maximum absolute atomic E-state index is 13.5. The van der Waals surface area contributed by atoms with Crippen molar-refractivity contribution in [2.45, 2.75) is 26.7 Å². The van der Waals surface area contributed by atoms with E-state index in [0.717, 1.165) is 23.3 Å². The molecule has 7 rings (SSSR count). The average Bonchev–Trinajstić information content (AvgIpc) is 3.58.